The summed E-state index contributed by atoms with van der Waals surface area (Å²) in [6.07, 6.45) is 2.27. The molecule has 5 nitrogen and oxygen atoms in total. The van der Waals surface area contributed by atoms with Crippen LogP contribution in [0.5, 0.6) is 5.75 Å². The van der Waals surface area contributed by atoms with E-state index in [1.807, 2.05) is 29.6 Å². The van der Waals surface area contributed by atoms with Crippen molar-refractivity contribution >= 4 is 33.8 Å². The van der Waals surface area contributed by atoms with Crippen molar-refractivity contribution in [2.24, 2.45) is 0 Å². The Morgan fingerprint density at radius 2 is 2.10 bits per heavy atom. The van der Waals surface area contributed by atoms with Gasteiger partial charge in [-0.25, -0.2) is 4.98 Å². The molecular formula is C23H25N3O2S. The molecule has 0 atom stereocenters. The maximum absolute atomic E-state index is 12.4. The van der Waals surface area contributed by atoms with Crippen LogP contribution in [0.2, 0.25) is 0 Å². The number of nitrogens with zero attached hydrogens (tertiary/aromatic N) is 3. The van der Waals surface area contributed by atoms with E-state index in [1.165, 1.54) is 28.2 Å². The van der Waals surface area contributed by atoms with Gasteiger partial charge in [0, 0.05) is 24.5 Å². The Balaban J connectivity index is 1.61. The third-order valence-electron chi connectivity index (χ3n) is 5.17. The fraction of sp³-hybridized carbons (Fsp3) is 0.304. The smallest absolute Gasteiger partial charge is 0.230 e. The second-order valence-corrected chi connectivity index (χ2v) is 8.14. The van der Waals surface area contributed by atoms with Crippen molar-refractivity contribution < 1.29 is 9.53 Å². The molecule has 150 valence electrons. The normalized spacial score (nSPS) is 13.1. The molecule has 0 N–H and O–H groups in total. The van der Waals surface area contributed by atoms with Gasteiger partial charge < -0.3 is 9.64 Å². The first-order valence-corrected chi connectivity index (χ1v) is 10.7. The highest BCUT2D eigenvalue weighted by atomic mass is 32.1. The van der Waals surface area contributed by atoms with Crippen molar-refractivity contribution in [2.75, 3.05) is 23.5 Å². The summed E-state index contributed by atoms with van der Waals surface area (Å²) in [6, 6.07) is 14.2. The molecule has 0 fully saturated rings. The fourth-order valence-corrected chi connectivity index (χ4v) is 4.73. The molecule has 2 heterocycles. The third-order valence-corrected chi connectivity index (χ3v) is 6.05. The standard InChI is InChI=1S/C23H25N3O2S/c1-16-10-11-20-18(13-16)7-6-12-25(20)14-19-15-29-23(24-19)26(17(2)27)21-8-4-5-9-22(21)28-3/h4-5,8-11,13,15H,6-7,12,14H2,1-3H3. The van der Waals surface area contributed by atoms with Gasteiger partial charge in [-0.1, -0.05) is 29.8 Å². The van der Waals surface area contributed by atoms with Crippen LogP contribution in [0.1, 0.15) is 30.2 Å². The number of thiazole rings is 1. The maximum atomic E-state index is 12.4. The number of anilines is 3. The lowest BCUT2D eigenvalue weighted by molar-refractivity contribution is -0.115. The zero-order valence-corrected chi connectivity index (χ0v) is 17.8. The minimum absolute atomic E-state index is 0.0887. The molecule has 6 heteroatoms. The second kappa shape index (κ2) is 8.25. The van der Waals surface area contributed by atoms with Crippen LogP contribution in [-0.2, 0) is 17.8 Å². The summed E-state index contributed by atoms with van der Waals surface area (Å²) in [5.41, 5.74) is 5.69. The number of aromatic nitrogens is 1. The highest BCUT2D eigenvalue weighted by molar-refractivity contribution is 7.14. The first kappa shape index (κ1) is 19.5. The van der Waals surface area contributed by atoms with Crippen molar-refractivity contribution in [3.63, 3.8) is 0 Å². The lowest BCUT2D eigenvalue weighted by Gasteiger charge is -2.31. The second-order valence-electron chi connectivity index (χ2n) is 7.30. The number of ether oxygens (including phenoxy) is 1. The zero-order chi connectivity index (χ0) is 20.4. The lowest BCUT2D eigenvalue weighted by atomic mass is 9.99. The van der Waals surface area contributed by atoms with Crippen LogP contribution >= 0.6 is 11.3 Å². The van der Waals surface area contributed by atoms with Gasteiger partial charge >= 0.3 is 0 Å². The molecule has 1 aliphatic rings. The van der Waals surface area contributed by atoms with Gasteiger partial charge in [0.1, 0.15) is 5.75 Å². The van der Waals surface area contributed by atoms with Crippen molar-refractivity contribution in [3.8, 4) is 5.75 Å². The molecule has 1 aliphatic heterocycles. The van der Waals surface area contributed by atoms with E-state index in [1.54, 1.807) is 18.9 Å². The highest BCUT2D eigenvalue weighted by Gasteiger charge is 2.23. The Kier molecular flexibility index (Phi) is 5.53. The molecule has 0 saturated heterocycles. The molecule has 29 heavy (non-hydrogen) atoms. The average Bonchev–Trinajstić information content (AvgIpc) is 3.16. The summed E-state index contributed by atoms with van der Waals surface area (Å²) in [5, 5.41) is 2.71. The Morgan fingerprint density at radius 1 is 1.28 bits per heavy atom. The van der Waals surface area contributed by atoms with E-state index < -0.39 is 0 Å². The molecule has 0 saturated carbocycles. The Hall–Kier alpha value is -2.86. The summed E-state index contributed by atoms with van der Waals surface area (Å²) < 4.78 is 5.45. The number of hydrogen-bond acceptors (Lipinski definition) is 5. The molecule has 4 rings (SSSR count). The van der Waals surface area contributed by atoms with Crippen molar-refractivity contribution in [2.45, 2.75) is 33.2 Å². The number of benzene rings is 2. The van der Waals surface area contributed by atoms with Gasteiger partial charge in [-0.05, 0) is 43.5 Å². The minimum atomic E-state index is -0.0887. The van der Waals surface area contributed by atoms with Crippen LogP contribution in [0.15, 0.2) is 47.8 Å². The number of methoxy groups -OCH3 is 1. The number of rotatable bonds is 5. The number of carbonyl (C=O) groups is 1. The van der Waals surface area contributed by atoms with Gasteiger partial charge in [-0.15, -0.1) is 11.3 Å². The van der Waals surface area contributed by atoms with E-state index >= 15 is 0 Å². The zero-order valence-electron chi connectivity index (χ0n) is 17.0. The minimum Gasteiger partial charge on any atom is -0.495 e. The molecule has 3 aromatic rings. The Labute approximate surface area is 175 Å². The first-order chi connectivity index (χ1) is 14.1. The predicted octanol–water partition coefficient (Wildman–Crippen LogP) is 5.10. The van der Waals surface area contributed by atoms with Crippen LogP contribution in [0.25, 0.3) is 0 Å². The molecule has 1 aromatic heterocycles. The van der Waals surface area contributed by atoms with Crippen LogP contribution in [-0.4, -0.2) is 24.5 Å². The summed E-state index contributed by atoms with van der Waals surface area (Å²) in [7, 11) is 1.61. The van der Waals surface area contributed by atoms with Gasteiger partial charge in [0.05, 0.1) is 25.0 Å². The van der Waals surface area contributed by atoms with E-state index in [9.17, 15) is 4.79 Å². The summed E-state index contributed by atoms with van der Waals surface area (Å²) in [4.78, 5) is 21.2. The monoisotopic (exact) mass is 407 g/mol. The van der Waals surface area contributed by atoms with Gasteiger partial charge in [0.15, 0.2) is 5.13 Å². The van der Waals surface area contributed by atoms with Gasteiger partial charge in [-0.2, -0.15) is 0 Å². The number of para-hydroxylation sites is 2. The summed E-state index contributed by atoms with van der Waals surface area (Å²) >= 11 is 1.48. The average molecular weight is 408 g/mol. The van der Waals surface area contributed by atoms with Crippen molar-refractivity contribution in [3.05, 3.63) is 64.7 Å². The quantitative estimate of drug-likeness (QED) is 0.590. The first-order valence-electron chi connectivity index (χ1n) is 9.79. The number of aryl methyl sites for hydroxylation is 2. The van der Waals surface area contributed by atoms with Crippen LogP contribution < -0.4 is 14.5 Å². The Bertz CT molecular complexity index is 1030. The number of amides is 1. The highest BCUT2D eigenvalue weighted by Crippen LogP contribution is 2.36. The molecule has 1 amide bonds. The largest absolute Gasteiger partial charge is 0.495 e. The van der Waals surface area contributed by atoms with Gasteiger partial charge in [0.2, 0.25) is 5.91 Å². The van der Waals surface area contributed by atoms with Crippen LogP contribution in [0.4, 0.5) is 16.5 Å². The van der Waals surface area contributed by atoms with E-state index in [-0.39, 0.29) is 5.91 Å². The molecule has 0 aliphatic carbocycles. The number of carbonyl (C=O) groups excluding carboxylic acids is 1. The summed E-state index contributed by atoms with van der Waals surface area (Å²) in [6.45, 7) is 5.45. The lowest BCUT2D eigenvalue weighted by Crippen LogP contribution is -2.29. The van der Waals surface area contributed by atoms with E-state index in [0.717, 1.165) is 31.6 Å². The van der Waals surface area contributed by atoms with E-state index in [2.05, 4.69) is 30.0 Å². The van der Waals surface area contributed by atoms with Crippen molar-refractivity contribution in [1.82, 2.24) is 4.98 Å². The predicted molar refractivity (Wildman–Crippen MR) is 118 cm³/mol. The molecule has 0 unspecified atom stereocenters. The SMILES string of the molecule is COc1ccccc1N(C(C)=O)c1nc(CN2CCCc3cc(C)ccc32)cs1. The summed E-state index contributed by atoms with van der Waals surface area (Å²) in [5.74, 6) is 0.564. The molecule has 0 bridgehead atoms. The Morgan fingerprint density at radius 3 is 2.90 bits per heavy atom. The maximum Gasteiger partial charge on any atom is 0.230 e. The molecule has 2 aromatic carbocycles. The van der Waals surface area contributed by atoms with Gasteiger partial charge in [-0.3, -0.25) is 9.69 Å². The molecule has 0 radical (unpaired) electrons. The number of fused-ring (bicyclic) bond motifs is 1. The number of hydrogen-bond donors (Lipinski definition) is 0. The van der Waals surface area contributed by atoms with Crippen LogP contribution in [0.3, 0.4) is 0 Å². The van der Waals surface area contributed by atoms with Crippen molar-refractivity contribution in [1.29, 1.82) is 0 Å². The van der Waals surface area contributed by atoms with E-state index in [4.69, 9.17) is 9.72 Å². The molecular weight excluding hydrogens is 382 g/mol. The van der Waals surface area contributed by atoms with Gasteiger partial charge in [0.25, 0.3) is 0 Å². The topological polar surface area (TPSA) is 45.7 Å². The third kappa shape index (κ3) is 3.98. The van der Waals surface area contributed by atoms with Crippen LogP contribution in [0, 0.1) is 6.92 Å². The fourth-order valence-electron chi connectivity index (χ4n) is 3.86. The van der Waals surface area contributed by atoms with E-state index in [0.29, 0.717) is 16.6 Å². The molecule has 0 spiro atoms.